The molecule has 0 aliphatic carbocycles. The zero-order valence-corrected chi connectivity index (χ0v) is 16.9. The average molecular weight is 441 g/mol. The maximum Gasteiger partial charge on any atom is 0.303 e. The second-order valence-corrected chi connectivity index (χ2v) is 7.09. The van der Waals surface area contributed by atoms with E-state index in [0.717, 1.165) is 49.3 Å². The lowest BCUT2D eigenvalue weighted by Crippen LogP contribution is -2.16. The van der Waals surface area contributed by atoms with Crippen LogP contribution in [0, 0.1) is 11.6 Å². The molecule has 0 aromatic heterocycles. The Bertz CT molecular complexity index is 895. The third-order valence-electron chi connectivity index (χ3n) is 4.50. The lowest BCUT2D eigenvalue weighted by atomic mass is 10.0. The number of hydrogen-bond donors (Lipinski definition) is 4. The predicted octanol–water partition coefficient (Wildman–Crippen LogP) is 3.85. The van der Waals surface area contributed by atoms with Crippen molar-refractivity contribution in [3.05, 3.63) is 63.7 Å². The largest absolute Gasteiger partial charge is 0.481 e. The molecule has 0 bridgehead atoms. The molecule has 2 aromatic rings. The molecule has 1 aliphatic heterocycles. The Morgan fingerprint density at radius 2 is 1.70 bits per heavy atom. The van der Waals surface area contributed by atoms with Crippen LogP contribution in [0.2, 0.25) is 5.02 Å². The summed E-state index contributed by atoms with van der Waals surface area (Å²) in [6, 6.07) is 7.36. The SMILES string of the molecule is Fc1ccc(F)c(CNc2c(Cl)ccc3c2CCNCC3)c1.O=C(O)CCC(=O)O. The van der Waals surface area contributed by atoms with Gasteiger partial charge in [-0.05, 0) is 61.3 Å². The third kappa shape index (κ3) is 7.27. The molecule has 4 N–H and O–H groups in total. The highest BCUT2D eigenvalue weighted by molar-refractivity contribution is 6.33. The van der Waals surface area contributed by atoms with E-state index in [4.69, 9.17) is 21.8 Å². The zero-order valence-electron chi connectivity index (χ0n) is 16.2. The number of hydrogen-bond acceptors (Lipinski definition) is 4. The van der Waals surface area contributed by atoms with Crippen molar-refractivity contribution in [1.82, 2.24) is 5.32 Å². The van der Waals surface area contributed by atoms with E-state index < -0.39 is 23.6 Å². The van der Waals surface area contributed by atoms with Crippen LogP contribution in [0.15, 0.2) is 30.3 Å². The minimum absolute atomic E-state index is 0.202. The molecule has 0 saturated carbocycles. The molecular weight excluding hydrogens is 418 g/mol. The second kappa shape index (κ2) is 11.5. The Labute approximate surface area is 177 Å². The number of halogens is 3. The summed E-state index contributed by atoms with van der Waals surface area (Å²) in [5.74, 6) is -3.02. The van der Waals surface area contributed by atoms with E-state index in [-0.39, 0.29) is 19.4 Å². The van der Waals surface area contributed by atoms with Crippen molar-refractivity contribution in [2.24, 2.45) is 0 Å². The van der Waals surface area contributed by atoms with Crippen LogP contribution in [0.5, 0.6) is 0 Å². The van der Waals surface area contributed by atoms with Gasteiger partial charge in [0.15, 0.2) is 0 Å². The molecule has 2 aromatic carbocycles. The smallest absolute Gasteiger partial charge is 0.303 e. The number of benzene rings is 2. The first-order valence-electron chi connectivity index (χ1n) is 9.40. The Kier molecular flexibility index (Phi) is 9.01. The average Bonchev–Trinajstić information content (AvgIpc) is 2.94. The predicted molar refractivity (Wildman–Crippen MR) is 110 cm³/mol. The van der Waals surface area contributed by atoms with Gasteiger partial charge in [0.1, 0.15) is 11.6 Å². The lowest BCUT2D eigenvalue weighted by molar-refractivity contribution is -0.143. The van der Waals surface area contributed by atoms with E-state index >= 15 is 0 Å². The van der Waals surface area contributed by atoms with Crippen LogP contribution in [0.4, 0.5) is 14.5 Å². The van der Waals surface area contributed by atoms with E-state index in [1.807, 2.05) is 12.1 Å². The van der Waals surface area contributed by atoms with Crippen molar-refractivity contribution in [2.75, 3.05) is 18.4 Å². The molecule has 0 fully saturated rings. The van der Waals surface area contributed by atoms with Gasteiger partial charge in [-0.1, -0.05) is 17.7 Å². The van der Waals surface area contributed by atoms with Crippen LogP contribution in [0.1, 0.15) is 29.5 Å². The van der Waals surface area contributed by atoms with Gasteiger partial charge in [-0.25, -0.2) is 8.78 Å². The van der Waals surface area contributed by atoms with Gasteiger partial charge < -0.3 is 20.8 Å². The highest BCUT2D eigenvalue weighted by Gasteiger charge is 2.15. The maximum absolute atomic E-state index is 13.7. The number of carboxylic acid groups (broad SMARTS) is 2. The van der Waals surface area contributed by atoms with Gasteiger partial charge in [-0.15, -0.1) is 0 Å². The van der Waals surface area contributed by atoms with Gasteiger partial charge in [0, 0.05) is 12.1 Å². The summed E-state index contributed by atoms with van der Waals surface area (Å²) in [5, 5.41) is 22.9. The van der Waals surface area contributed by atoms with Crippen LogP contribution in [0.3, 0.4) is 0 Å². The van der Waals surface area contributed by atoms with Gasteiger partial charge in [-0.3, -0.25) is 9.59 Å². The van der Waals surface area contributed by atoms with Crippen LogP contribution < -0.4 is 10.6 Å². The molecule has 1 aliphatic rings. The van der Waals surface area contributed by atoms with Gasteiger partial charge >= 0.3 is 11.9 Å². The molecule has 6 nitrogen and oxygen atoms in total. The van der Waals surface area contributed by atoms with Crippen molar-refractivity contribution in [2.45, 2.75) is 32.2 Å². The standard InChI is InChI=1S/C17H17ClF2N2.C4H6O4/c18-15-3-1-11-5-7-21-8-6-14(11)17(15)22-10-12-9-13(19)2-4-16(12)20;5-3(6)1-2-4(7)8/h1-4,9,21-22H,5-8,10H2;1-2H2,(H,5,6)(H,7,8). The fraction of sp³-hybridized carbons (Fsp3) is 0.333. The number of rotatable bonds is 6. The van der Waals surface area contributed by atoms with Crippen LogP contribution in [-0.4, -0.2) is 35.2 Å². The zero-order chi connectivity index (χ0) is 22.1. The summed E-state index contributed by atoms with van der Waals surface area (Å²) < 4.78 is 27.0. The molecule has 0 unspecified atom stereocenters. The van der Waals surface area contributed by atoms with Crippen molar-refractivity contribution < 1.29 is 28.6 Å². The van der Waals surface area contributed by atoms with Crippen molar-refractivity contribution in [3.63, 3.8) is 0 Å². The monoisotopic (exact) mass is 440 g/mol. The number of fused-ring (bicyclic) bond motifs is 1. The van der Waals surface area contributed by atoms with Gasteiger partial charge in [0.05, 0.1) is 23.6 Å². The molecule has 0 amide bonds. The Morgan fingerprint density at radius 1 is 1.03 bits per heavy atom. The van der Waals surface area contributed by atoms with E-state index in [0.29, 0.717) is 10.6 Å². The number of carbonyl (C=O) groups is 2. The summed E-state index contributed by atoms with van der Waals surface area (Å²) in [6.45, 7) is 2.02. The van der Waals surface area contributed by atoms with E-state index in [9.17, 15) is 18.4 Å². The summed E-state index contributed by atoms with van der Waals surface area (Å²) >= 11 is 6.30. The van der Waals surface area contributed by atoms with Gasteiger partial charge in [0.2, 0.25) is 0 Å². The first kappa shape index (κ1) is 23.6. The third-order valence-corrected chi connectivity index (χ3v) is 4.81. The summed E-state index contributed by atoms with van der Waals surface area (Å²) in [4.78, 5) is 19.3. The van der Waals surface area contributed by atoms with Crippen LogP contribution in [0.25, 0.3) is 0 Å². The summed E-state index contributed by atoms with van der Waals surface area (Å²) in [5.41, 5.74) is 3.53. The van der Waals surface area contributed by atoms with Crippen LogP contribution >= 0.6 is 11.6 Å². The highest BCUT2D eigenvalue weighted by atomic mass is 35.5. The number of anilines is 1. The fourth-order valence-corrected chi connectivity index (χ4v) is 3.25. The normalized spacial score (nSPS) is 12.8. The Balaban J connectivity index is 0.000000343. The molecular formula is C21H23ClF2N2O4. The van der Waals surface area contributed by atoms with E-state index in [1.165, 1.54) is 11.6 Å². The molecule has 3 rings (SSSR count). The first-order valence-corrected chi connectivity index (χ1v) is 9.78. The molecule has 0 atom stereocenters. The van der Waals surface area contributed by atoms with Gasteiger partial charge in [0.25, 0.3) is 0 Å². The quantitative estimate of drug-likeness (QED) is 0.544. The van der Waals surface area contributed by atoms with E-state index in [1.54, 1.807) is 0 Å². The molecule has 0 saturated heterocycles. The van der Waals surface area contributed by atoms with Crippen molar-refractivity contribution in [1.29, 1.82) is 0 Å². The first-order chi connectivity index (χ1) is 14.3. The molecule has 162 valence electrons. The highest BCUT2D eigenvalue weighted by Crippen LogP contribution is 2.31. The minimum Gasteiger partial charge on any atom is -0.481 e. The molecule has 30 heavy (non-hydrogen) atoms. The van der Waals surface area contributed by atoms with Gasteiger partial charge in [-0.2, -0.15) is 0 Å². The minimum atomic E-state index is -1.08. The number of aliphatic carboxylic acids is 2. The lowest BCUT2D eigenvalue weighted by Gasteiger charge is -2.16. The second-order valence-electron chi connectivity index (χ2n) is 6.69. The molecule has 0 radical (unpaired) electrons. The van der Waals surface area contributed by atoms with Crippen molar-refractivity contribution >= 4 is 29.2 Å². The molecule has 1 heterocycles. The maximum atomic E-state index is 13.7. The van der Waals surface area contributed by atoms with Crippen LogP contribution in [-0.2, 0) is 29.0 Å². The Morgan fingerprint density at radius 3 is 2.37 bits per heavy atom. The molecule has 9 heteroatoms. The number of nitrogens with one attached hydrogen (secondary N) is 2. The topological polar surface area (TPSA) is 98.7 Å². The fourth-order valence-electron chi connectivity index (χ4n) is 3.01. The van der Waals surface area contributed by atoms with E-state index in [2.05, 4.69) is 10.6 Å². The summed E-state index contributed by atoms with van der Waals surface area (Å²) in [7, 11) is 0. The molecule has 0 spiro atoms. The number of carboxylic acids is 2. The van der Waals surface area contributed by atoms with Crippen molar-refractivity contribution in [3.8, 4) is 0 Å². The Hall–Kier alpha value is -2.71. The summed E-state index contributed by atoms with van der Waals surface area (Å²) in [6.07, 6.45) is 1.21.